The third-order valence-corrected chi connectivity index (χ3v) is 4.38. The molecule has 1 saturated carbocycles. The summed E-state index contributed by atoms with van der Waals surface area (Å²) in [6, 6.07) is 6.90. The number of nitrogens with zero attached hydrogens (tertiary/aromatic N) is 4. The number of thioether (sulfide) groups is 1. The summed E-state index contributed by atoms with van der Waals surface area (Å²) in [5.41, 5.74) is 0.873. The van der Waals surface area contributed by atoms with E-state index in [1.807, 2.05) is 12.1 Å². The average molecular weight is 262 g/mol. The fraction of sp³-hybridized carbons (Fsp3) is 0.417. The second kappa shape index (κ2) is 4.97. The fourth-order valence-corrected chi connectivity index (χ4v) is 3.36. The maximum atomic E-state index is 9.29. The van der Waals surface area contributed by atoms with Crippen LogP contribution in [-0.4, -0.2) is 30.6 Å². The van der Waals surface area contributed by atoms with E-state index in [-0.39, 0.29) is 5.75 Å². The van der Waals surface area contributed by atoms with Gasteiger partial charge in [-0.25, -0.2) is 0 Å². The zero-order chi connectivity index (χ0) is 12.4. The van der Waals surface area contributed by atoms with E-state index >= 15 is 0 Å². The zero-order valence-corrected chi connectivity index (χ0v) is 10.7. The van der Waals surface area contributed by atoms with Gasteiger partial charge in [0.2, 0.25) is 5.16 Å². The van der Waals surface area contributed by atoms with E-state index in [1.54, 1.807) is 28.6 Å². The lowest BCUT2D eigenvalue weighted by molar-refractivity contribution is 0.475. The first-order chi connectivity index (χ1) is 8.83. The highest BCUT2D eigenvalue weighted by molar-refractivity contribution is 7.99. The molecule has 0 radical (unpaired) electrons. The summed E-state index contributed by atoms with van der Waals surface area (Å²) >= 11 is 1.75. The molecular weight excluding hydrogens is 248 g/mol. The van der Waals surface area contributed by atoms with Crippen molar-refractivity contribution in [3.63, 3.8) is 0 Å². The number of benzene rings is 1. The average Bonchev–Trinajstić information content (AvgIpc) is 3.02. The Morgan fingerprint density at radius 2 is 1.89 bits per heavy atom. The minimum Gasteiger partial charge on any atom is -0.508 e. The molecule has 1 aromatic heterocycles. The highest BCUT2D eigenvalue weighted by Gasteiger charge is 2.20. The maximum Gasteiger partial charge on any atom is 0.214 e. The van der Waals surface area contributed by atoms with Crippen LogP contribution in [0, 0.1) is 0 Å². The van der Waals surface area contributed by atoms with Crippen molar-refractivity contribution in [3.8, 4) is 11.4 Å². The minimum atomic E-state index is 0.247. The number of tetrazole rings is 1. The van der Waals surface area contributed by atoms with Gasteiger partial charge >= 0.3 is 0 Å². The fourth-order valence-electron chi connectivity index (χ4n) is 2.16. The summed E-state index contributed by atoms with van der Waals surface area (Å²) in [6.07, 6.45) is 5.09. The molecule has 1 heterocycles. The van der Waals surface area contributed by atoms with Crippen molar-refractivity contribution in [2.45, 2.75) is 36.1 Å². The molecule has 1 fully saturated rings. The van der Waals surface area contributed by atoms with Crippen molar-refractivity contribution < 1.29 is 5.11 Å². The van der Waals surface area contributed by atoms with Gasteiger partial charge < -0.3 is 5.11 Å². The van der Waals surface area contributed by atoms with Crippen LogP contribution in [-0.2, 0) is 0 Å². The molecule has 0 unspecified atom stereocenters. The van der Waals surface area contributed by atoms with Gasteiger partial charge in [-0.05, 0) is 47.5 Å². The number of phenols is 1. The van der Waals surface area contributed by atoms with Crippen molar-refractivity contribution in [1.29, 1.82) is 0 Å². The molecule has 0 bridgehead atoms. The summed E-state index contributed by atoms with van der Waals surface area (Å²) in [5, 5.41) is 22.6. The van der Waals surface area contributed by atoms with Gasteiger partial charge in [0.05, 0.1) is 5.69 Å². The van der Waals surface area contributed by atoms with Gasteiger partial charge in [0, 0.05) is 5.25 Å². The Morgan fingerprint density at radius 1 is 1.17 bits per heavy atom. The second-order valence-corrected chi connectivity index (χ2v) is 5.68. The van der Waals surface area contributed by atoms with Crippen LogP contribution >= 0.6 is 11.8 Å². The molecule has 0 amide bonds. The van der Waals surface area contributed by atoms with Crippen molar-refractivity contribution in [1.82, 2.24) is 20.2 Å². The molecule has 0 atom stereocenters. The standard InChI is InChI=1S/C12H14N4OS/c17-10-7-5-9(6-8-10)16-12(13-14-15-16)18-11-3-1-2-4-11/h5-8,11,17H,1-4H2. The van der Waals surface area contributed by atoms with Crippen LogP contribution in [0.25, 0.3) is 5.69 Å². The Labute approximate surface area is 109 Å². The molecule has 5 nitrogen and oxygen atoms in total. The van der Waals surface area contributed by atoms with E-state index < -0.39 is 0 Å². The Bertz CT molecular complexity index is 519. The summed E-state index contributed by atoms with van der Waals surface area (Å²) in [4.78, 5) is 0. The molecule has 0 saturated heterocycles. The molecule has 6 heteroatoms. The molecule has 0 spiro atoms. The van der Waals surface area contributed by atoms with E-state index in [9.17, 15) is 5.11 Å². The topological polar surface area (TPSA) is 63.8 Å². The Kier molecular flexibility index (Phi) is 3.19. The molecule has 1 aliphatic rings. The van der Waals surface area contributed by atoms with Gasteiger partial charge in [0.1, 0.15) is 5.75 Å². The smallest absolute Gasteiger partial charge is 0.214 e. The van der Waals surface area contributed by atoms with Gasteiger partial charge in [-0.1, -0.05) is 24.6 Å². The van der Waals surface area contributed by atoms with E-state index in [2.05, 4.69) is 15.5 Å². The number of rotatable bonds is 3. The van der Waals surface area contributed by atoms with Crippen molar-refractivity contribution in [3.05, 3.63) is 24.3 Å². The molecule has 1 aliphatic carbocycles. The summed E-state index contributed by atoms with van der Waals surface area (Å²) in [6.45, 7) is 0. The van der Waals surface area contributed by atoms with Crippen molar-refractivity contribution in [2.24, 2.45) is 0 Å². The van der Waals surface area contributed by atoms with Crippen LogP contribution in [0.2, 0.25) is 0 Å². The Balaban J connectivity index is 1.84. The summed E-state index contributed by atoms with van der Waals surface area (Å²) in [5.74, 6) is 0.247. The first-order valence-electron chi connectivity index (χ1n) is 6.07. The van der Waals surface area contributed by atoms with Gasteiger partial charge in [-0.15, -0.1) is 5.10 Å². The van der Waals surface area contributed by atoms with Gasteiger partial charge in [0.15, 0.2) is 0 Å². The lowest BCUT2D eigenvalue weighted by Crippen LogP contribution is -2.02. The highest BCUT2D eigenvalue weighted by Crippen LogP contribution is 2.34. The highest BCUT2D eigenvalue weighted by atomic mass is 32.2. The van der Waals surface area contributed by atoms with Crippen molar-refractivity contribution in [2.75, 3.05) is 0 Å². The first-order valence-corrected chi connectivity index (χ1v) is 6.95. The number of hydrogen-bond acceptors (Lipinski definition) is 5. The lowest BCUT2D eigenvalue weighted by Gasteiger charge is -2.08. The molecule has 2 aromatic rings. The molecule has 94 valence electrons. The summed E-state index contributed by atoms with van der Waals surface area (Å²) < 4.78 is 1.72. The molecule has 18 heavy (non-hydrogen) atoms. The van der Waals surface area contributed by atoms with Crippen LogP contribution < -0.4 is 0 Å². The van der Waals surface area contributed by atoms with Crippen molar-refractivity contribution >= 4 is 11.8 Å². The van der Waals surface area contributed by atoms with Crippen LogP contribution in [0.4, 0.5) is 0 Å². The van der Waals surface area contributed by atoms with Crippen LogP contribution in [0.15, 0.2) is 29.4 Å². The first kappa shape index (κ1) is 11.5. The zero-order valence-electron chi connectivity index (χ0n) is 9.86. The van der Waals surface area contributed by atoms with E-state index in [4.69, 9.17) is 0 Å². The van der Waals surface area contributed by atoms with Gasteiger partial charge in [0.25, 0.3) is 0 Å². The number of aromatic nitrogens is 4. The predicted molar refractivity (Wildman–Crippen MR) is 68.9 cm³/mol. The minimum absolute atomic E-state index is 0.247. The predicted octanol–water partition coefficient (Wildman–Crippen LogP) is 2.40. The molecule has 1 N–H and O–H groups in total. The number of hydrogen-bond donors (Lipinski definition) is 1. The lowest BCUT2D eigenvalue weighted by atomic mass is 10.3. The maximum absolute atomic E-state index is 9.29. The third-order valence-electron chi connectivity index (χ3n) is 3.11. The summed E-state index contributed by atoms with van der Waals surface area (Å²) in [7, 11) is 0. The largest absolute Gasteiger partial charge is 0.508 e. The molecule has 1 aromatic carbocycles. The van der Waals surface area contributed by atoms with Crippen LogP contribution in [0.1, 0.15) is 25.7 Å². The van der Waals surface area contributed by atoms with E-state index in [1.165, 1.54) is 25.7 Å². The second-order valence-electron chi connectivity index (χ2n) is 4.41. The molecule has 0 aliphatic heterocycles. The quantitative estimate of drug-likeness (QED) is 0.920. The SMILES string of the molecule is Oc1ccc(-n2nnnc2SC2CCCC2)cc1. The Morgan fingerprint density at radius 3 is 2.61 bits per heavy atom. The monoisotopic (exact) mass is 262 g/mol. The van der Waals surface area contributed by atoms with Crippen LogP contribution in [0.3, 0.4) is 0 Å². The third kappa shape index (κ3) is 2.33. The number of aromatic hydroxyl groups is 1. The van der Waals surface area contributed by atoms with Gasteiger partial charge in [-0.3, -0.25) is 0 Å². The number of phenolic OH excluding ortho intramolecular Hbond substituents is 1. The normalized spacial score (nSPS) is 16.2. The molecule has 3 rings (SSSR count). The van der Waals surface area contributed by atoms with Gasteiger partial charge in [-0.2, -0.15) is 4.68 Å². The van der Waals surface area contributed by atoms with E-state index in [0.717, 1.165) is 10.8 Å². The Hall–Kier alpha value is -1.56. The van der Waals surface area contributed by atoms with Crippen LogP contribution in [0.5, 0.6) is 5.75 Å². The molecular formula is C12H14N4OS. The van der Waals surface area contributed by atoms with E-state index in [0.29, 0.717) is 5.25 Å².